The van der Waals surface area contributed by atoms with Crippen molar-refractivity contribution in [3.8, 4) is 0 Å². The second-order valence-corrected chi connectivity index (χ2v) is 6.55. The van der Waals surface area contributed by atoms with E-state index in [2.05, 4.69) is 20.2 Å². The number of halogens is 3. The van der Waals surface area contributed by atoms with Gasteiger partial charge in [-0.15, -0.1) is 0 Å². The number of carbonyl (C=O) groups is 2. The van der Waals surface area contributed by atoms with E-state index in [1.165, 1.54) is 0 Å². The van der Waals surface area contributed by atoms with E-state index in [1.807, 2.05) is 24.8 Å². The predicted molar refractivity (Wildman–Crippen MR) is 90.3 cm³/mol. The summed E-state index contributed by atoms with van der Waals surface area (Å²) in [5, 5.41) is 10.1. The molecule has 2 aliphatic heterocycles. The molecule has 0 aromatic carbocycles. The Morgan fingerprint density at radius 1 is 1.19 bits per heavy atom. The highest BCUT2D eigenvalue weighted by molar-refractivity contribution is 5.75. The van der Waals surface area contributed by atoms with E-state index in [9.17, 15) is 18.0 Å². The zero-order valence-corrected chi connectivity index (χ0v) is 15.0. The van der Waals surface area contributed by atoms with Gasteiger partial charge in [0.1, 0.15) is 0 Å². The van der Waals surface area contributed by atoms with Crippen LogP contribution in [0.1, 0.15) is 26.7 Å². The molecule has 0 bridgehead atoms. The number of rotatable bonds is 2. The molecule has 2 N–H and O–H groups in total. The first-order valence-corrected chi connectivity index (χ1v) is 8.52. The number of likely N-dealkylation sites (tertiary alicyclic amines) is 1. The first kappa shape index (κ1) is 20.7. The van der Waals surface area contributed by atoms with Gasteiger partial charge in [0.05, 0.1) is 12.1 Å². The number of anilines is 1. The fourth-order valence-corrected chi connectivity index (χ4v) is 3.26. The number of aromatic nitrogens is 2. The summed E-state index contributed by atoms with van der Waals surface area (Å²) in [4.78, 5) is 34.0. The molecule has 3 heterocycles. The zero-order chi connectivity index (χ0) is 20.2. The molecule has 27 heavy (non-hydrogen) atoms. The lowest BCUT2D eigenvalue weighted by molar-refractivity contribution is -0.192. The third-order valence-corrected chi connectivity index (χ3v) is 4.30. The number of fused-ring (bicyclic) bond motifs is 1. The molecule has 0 spiro atoms. The SMILES string of the molecule is CC(C)NC(=O)N1CC[C@H]2[C@H]1CCN2c1ncccn1.O=C(O)C(F)(F)F. The van der Waals surface area contributed by atoms with Crippen LogP contribution in [0.25, 0.3) is 0 Å². The van der Waals surface area contributed by atoms with Crippen molar-refractivity contribution in [2.45, 2.75) is 51.0 Å². The monoisotopic (exact) mass is 389 g/mol. The maximum absolute atomic E-state index is 12.2. The van der Waals surface area contributed by atoms with Crippen molar-refractivity contribution in [3.63, 3.8) is 0 Å². The standard InChI is InChI=1S/C14H21N5O.C2HF3O2/c1-10(2)17-14(20)19-9-5-11-12(19)4-8-18(11)13-15-6-3-7-16-13;3-2(4,5)1(6)7/h3,6-7,10-12H,4-5,8-9H2,1-2H3,(H,17,20);(H,6,7)/t11-,12+;/m0./s1. The van der Waals surface area contributed by atoms with E-state index in [0.29, 0.717) is 6.04 Å². The molecule has 0 radical (unpaired) electrons. The number of carboxylic acids is 1. The summed E-state index contributed by atoms with van der Waals surface area (Å²) >= 11 is 0. The minimum absolute atomic E-state index is 0.0586. The lowest BCUT2D eigenvalue weighted by Crippen LogP contribution is -2.46. The second kappa shape index (κ2) is 8.40. The van der Waals surface area contributed by atoms with E-state index >= 15 is 0 Å². The maximum atomic E-state index is 12.2. The molecule has 1 aromatic rings. The number of alkyl halides is 3. The Kier molecular flexibility index (Phi) is 6.45. The highest BCUT2D eigenvalue weighted by Crippen LogP contribution is 2.33. The molecule has 2 amide bonds. The van der Waals surface area contributed by atoms with Crippen molar-refractivity contribution < 1.29 is 27.9 Å². The minimum atomic E-state index is -5.08. The Bertz CT molecular complexity index is 656. The van der Waals surface area contributed by atoms with Gasteiger partial charge in [-0.25, -0.2) is 19.6 Å². The van der Waals surface area contributed by atoms with Gasteiger partial charge in [0.2, 0.25) is 5.95 Å². The average molecular weight is 389 g/mol. The molecule has 2 aliphatic rings. The molecular formula is C16H22F3N5O3. The molecule has 150 valence electrons. The fourth-order valence-electron chi connectivity index (χ4n) is 3.26. The number of aliphatic carboxylic acids is 1. The Morgan fingerprint density at radius 2 is 1.74 bits per heavy atom. The normalized spacial score (nSPS) is 21.6. The molecule has 3 rings (SSSR count). The number of hydrogen-bond acceptors (Lipinski definition) is 5. The third kappa shape index (κ3) is 5.20. The van der Waals surface area contributed by atoms with Crippen LogP contribution in [0.5, 0.6) is 0 Å². The summed E-state index contributed by atoms with van der Waals surface area (Å²) in [7, 11) is 0. The van der Waals surface area contributed by atoms with Gasteiger partial charge in [-0.2, -0.15) is 13.2 Å². The number of carbonyl (C=O) groups excluding carboxylic acids is 1. The summed E-state index contributed by atoms with van der Waals surface area (Å²) in [5.41, 5.74) is 0. The molecule has 0 unspecified atom stereocenters. The number of amides is 2. The summed E-state index contributed by atoms with van der Waals surface area (Å²) < 4.78 is 31.7. The quantitative estimate of drug-likeness (QED) is 0.802. The highest BCUT2D eigenvalue weighted by Gasteiger charge is 2.45. The summed E-state index contributed by atoms with van der Waals surface area (Å²) in [6.45, 7) is 5.72. The van der Waals surface area contributed by atoms with E-state index in [1.54, 1.807) is 12.4 Å². The van der Waals surface area contributed by atoms with Crippen LogP contribution >= 0.6 is 0 Å². The lowest BCUT2D eigenvalue weighted by atomic mass is 10.1. The highest BCUT2D eigenvalue weighted by atomic mass is 19.4. The molecule has 0 aliphatic carbocycles. The van der Waals surface area contributed by atoms with Crippen molar-refractivity contribution in [3.05, 3.63) is 18.5 Å². The molecule has 2 saturated heterocycles. The van der Waals surface area contributed by atoms with E-state index in [0.717, 1.165) is 31.9 Å². The molecular weight excluding hydrogens is 367 g/mol. The van der Waals surface area contributed by atoms with Crippen molar-refractivity contribution >= 4 is 17.9 Å². The smallest absolute Gasteiger partial charge is 0.475 e. The topological polar surface area (TPSA) is 98.7 Å². The van der Waals surface area contributed by atoms with Gasteiger partial charge in [0, 0.05) is 31.5 Å². The second-order valence-electron chi connectivity index (χ2n) is 6.55. The third-order valence-electron chi connectivity index (χ3n) is 4.30. The van der Waals surface area contributed by atoms with Crippen molar-refractivity contribution in [2.24, 2.45) is 0 Å². The minimum Gasteiger partial charge on any atom is -0.475 e. The molecule has 0 saturated carbocycles. The van der Waals surface area contributed by atoms with Gasteiger partial charge < -0.3 is 20.2 Å². The van der Waals surface area contributed by atoms with Gasteiger partial charge >= 0.3 is 18.2 Å². The average Bonchev–Trinajstić information content (AvgIpc) is 3.16. The Labute approximate surface area is 154 Å². The lowest BCUT2D eigenvalue weighted by Gasteiger charge is -2.26. The van der Waals surface area contributed by atoms with Crippen molar-refractivity contribution in [2.75, 3.05) is 18.0 Å². The molecule has 8 nitrogen and oxygen atoms in total. The van der Waals surface area contributed by atoms with Gasteiger partial charge in [0.25, 0.3) is 0 Å². The van der Waals surface area contributed by atoms with E-state index < -0.39 is 12.1 Å². The summed E-state index contributed by atoms with van der Waals surface area (Å²) in [6.07, 6.45) is 0.449. The number of hydrogen-bond donors (Lipinski definition) is 2. The van der Waals surface area contributed by atoms with Gasteiger partial charge in [-0.05, 0) is 32.8 Å². The van der Waals surface area contributed by atoms with Crippen molar-refractivity contribution in [1.82, 2.24) is 20.2 Å². The van der Waals surface area contributed by atoms with Crippen LogP contribution in [-0.2, 0) is 4.79 Å². The van der Waals surface area contributed by atoms with Crippen LogP contribution in [-0.4, -0.2) is 69.4 Å². The van der Waals surface area contributed by atoms with Crippen LogP contribution in [0.4, 0.5) is 23.9 Å². The molecule has 2 atom stereocenters. The zero-order valence-electron chi connectivity index (χ0n) is 15.0. The van der Waals surface area contributed by atoms with E-state index in [4.69, 9.17) is 9.90 Å². The van der Waals surface area contributed by atoms with Crippen LogP contribution in [0.15, 0.2) is 18.5 Å². The molecule has 11 heteroatoms. The van der Waals surface area contributed by atoms with Crippen LogP contribution in [0.3, 0.4) is 0 Å². The summed E-state index contributed by atoms with van der Waals surface area (Å²) in [6, 6.07) is 2.71. The van der Waals surface area contributed by atoms with Crippen LogP contribution < -0.4 is 10.2 Å². The van der Waals surface area contributed by atoms with Crippen molar-refractivity contribution in [1.29, 1.82) is 0 Å². The van der Waals surface area contributed by atoms with Gasteiger partial charge in [-0.3, -0.25) is 0 Å². The van der Waals surface area contributed by atoms with Gasteiger partial charge in [-0.1, -0.05) is 0 Å². The Balaban J connectivity index is 0.000000321. The number of urea groups is 1. The van der Waals surface area contributed by atoms with Gasteiger partial charge in [0.15, 0.2) is 0 Å². The predicted octanol–water partition coefficient (Wildman–Crippen LogP) is 1.88. The Morgan fingerprint density at radius 3 is 2.26 bits per heavy atom. The fraction of sp³-hybridized carbons (Fsp3) is 0.625. The summed E-state index contributed by atoms with van der Waals surface area (Å²) in [5.74, 6) is -1.97. The van der Waals surface area contributed by atoms with Crippen LogP contribution in [0.2, 0.25) is 0 Å². The Hall–Kier alpha value is -2.59. The molecule has 1 aromatic heterocycles. The molecule has 2 fully saturated rings. The number of nitrogens with one attached hydrogen (secondary N) is 1. The van der Waals surface area contributed by atoms with E-state index in [-0.39, 0.29) is 18.1 Å². The largest absolute Gasteiger partial charge is 0.490 e. The van der Waals surface area contributed by atoms with Crippen LogP contribution in [0, 0.1) is 0 Å². The first-order valence-electron chi connectivity index (χ1n) is 8.52. The number of carboxylic acid groups (broad SMARTS) is 1. The first-order chi connectivity index (χ1) is 12.6. The maximum Gasteiger partial charge on any atom is 0.490 e. The number of nitrogens with zero attached hydrogens (tertiary/aromatic N) is 4.